The van der Waals surface area contributed by atoms with Gasteiger partial charge in [-0.1, -0.05) is 54.1 Å². The first-order valence-corrected chi connectivity index (χ1v) is 9.02. The van der Waals surface area contributed by atoms with E-state index in [0.29, 0.717) is 0 Å². The smallest absolute Gasteiger partial charge is 0.244 e. The average Bonchev–Trinajstić information content (AvgIpc) is 2.87. The van der Waals surface area contributed by atoms with Gasteiger partial charge in [0.15, 0.2) is 11.7 Å². The largest absolute Gasteiger partial charge is 0.342 e. The first kappa shape index (κ1) is 19.8. The van der Waals surface area contributed by atoms with Crippen LogP contribution in [0.4, 0.5) is 10.1 Å². The van der Waals surface area contributed by atoms with Crippen molar-refractivity contribution < 1.29 is 18.8 Å². The lowest BCUT2D eigenvalue weighted by molar-refractivity contribution is -0.135. The molecular weight excluding hydrogens is 383 g/mol. The van der Waals surface area contributed by atoms with E-state index in [1.165, 1.54) is 6.07 Å². The number of hydrogen-bond donors (Lipinski definition) is 2. The standard InChI is InChI=1S/C21H18ClFN2O3/c1-21(11-5-8-13-6-3-2-4-7-13)18(26)17(20(28)25-21)19(27)24-16-10-9-14(23)12-15(16)22/h2-10,12,17H,11H2,1H3,(H,24,27)(H,25,28). The summed E-state index contributed by atoms with van der Waals surface area (Å²) in [5.41, 5.74) is -0.0916. The number of amides is 2. The molecule has 28 heavy (non-hydrogen) atoms. The monoisotopic (exact) mass is 400 g/mol. The van der Waals surface area contributed by atoms with E-state index in [0.717, 1.165) is 17.7 Å². The van der Waals surface area contributed by atoms with E-state index in [4.69, 9.17) is 11.6 Å². The summed E-state index contributed by atoms with van der Waals surface area (Å²) in [6.07, 6.45) is 3.87. The molecule has 3 rings (SSSR count). The van der Waals surface area contributed by atoms with Gasteiger partial charge in [0.1, 0.15) is 11.4 Å². The molecule has 2 aromatic carbocycles. The average molecular weight is 401 g/mol. The number of anilines is 1. The van der Waals surface area contributed by atoms with Gasteiger partial charge in [0, 0.05) is 0 Å². The molecule has 0 aromatic heterocycles. The summed E-state index contributed by atoms with van der Waals surface area (Å²) in [4.78, 5) is 37.6. The molecule has 2 aromatic rings. The van der Waals surface area contributed by atoms with Gasteiger partial charge in [-0.3, -0.25) is 14.4 Å². The Bertz CT molecular complexity index is 961. The van der Waals surface area contributed by atoms with Gasteiger partial charge in [-0.2, -0.15) is 0 Å². The summed E-state index contributed by atoms with van der Waals surface area (Å²) in [6.45, 7) is 1.58. The van der Waals surface area contributed by atoms with Gasteiger partial charge in [-0.25, -0.2) is 4.39 Å². The maximum atomic E-state index is 13.1. The van der Waals surface area contributed by atoms with Crippen molar-refractivity contribution in [2.45, 2.75) is 18.9 Å². The highest BCUT2D eigenvalue weighted by atomic mass is 35.5. The fraction of sp³-hybridized carbons (Fsp3) is 0.190. The maximum Gasteiger partial charge on any atom is 0.244 e. The Kier molecular flexibility index (Phi) is 5.61. The molecule has 0 aliphatic carbocycles. The van der Waals surface area contributed by atoms with Gasteiger partial charge in [0.25, 0.3) is 0 Å². The Morgan fingerprint density at radius 2 is 1.96 bits per heavy atom. The number of nitrogens with one attached hydrogen (secondary N) is 2. The molecule has 1 fully saturated rings. The Hall–Kier alpha value is -2.99. The summed E-state index contributed by atoms with van der Waals surface area (Å²) < 4.78 is 13.1. The van der Waals surface area contributed by atoms with Crippen molar-refractivity contribution in [3.05, 3.63) is 71.0 Å². The van der Waals surface area contributed by atoms with Gasteiger partial charge in [0.2, 0.25) is 11.8 Å². The number of halogens is 2. The van der Waals surface area contributed by atoms with E-state index in [1.54, 1.807) is 13.0 Å². The molecule has 7 heteroatoms. The molecule has 2 atom stereocenters. The third-order valence-corrected chi connectivity index (χ3v) is 4.87. The van der Waals surface area contributed by atoms with Crippen LogP contribution in [0.1, 0.15) is 18.9 Å². The van der Waals surface area contributed by atoms with E-state index in [9.17, 15) is 18.8 Å². The molecule has 144 valence electrons. The molecule has 5 nitrogen and oxygen atoms in total. The van der Waals surface area contributed by atoms with Crippen LogP contribution in [0.2, 0.25) is 5.02 Å². The van der Waals surface area contributed by atoms with Gasteiger partial charge < -0.3 is 10.6 Å². The predicted octanol–water partition coefficient (Wildman–Crippen LogP) is 3.59. The second kappa shape index (κ2) is 7.94. The van der Waals surface area contributed by atoms with Crippen LogP contribution in [-0.2, 0) is 14.4 Å². The lowest BCUT2D eigenvalue weighted by Crippen LogP contribution is -2.43. The second-order valence-corrected chi connectivity index (χ2v) is 7.16. The minimum Gasteiger partial charge on any atom is -0.342 e. The fourth-order valence-corrected chi connectivity index (χ4v) is 3.24. The summed E-state index contributed by atoms with van der Waals surface area (Å²) in [7, 11) is 0. The summed E-state index contributed by atoms with van der Waals surface area (Å²) in [5.74, 6) is -4.04. The van der Waals surface area contributed by atoms with Crippen molar-refractivity contribution in [2.75, 3.05) is 5.32 Å². The highest BCUT2D eigenvalue weighted by Gasteiger charge is 2.52. The minimum atomic E-state index is -1.49. The van der Waals surface area contributed by atoms with Crippen LogP contribution < -0.4 is 10.6 Å². The van der Waals surface area contributed by atoms with Gasteiger partial charge in [0.05, 0.1) is 10.7 Å². The van der Waals surface area contributed by atoms with Crippen LogP contribution in [0.3, 0.4) is 0 Å². The summed E-state index contributed by atoms with van der Waals surface area (Å²) in [6, 6.07) is 12.9. The van der Waals surface area contributed by atoms with Gasteiger partial charge >= 0.3 is 0 Å². The Balaban J connectivity index is 1.71. The number of ketones is 1. The lowest BCUT2D eigenvalue weighted by Gasteiger charge is -2.20. The molecule has 1 aliphatic heterocycles. The van der Waals surface area contributed by atoms with E-state index < -0.39 is 34.9 Å². The second-order valence-electron chi connectivity index (χ2n) is 6.75. The lowest BCUT2D eigenvalue weighted by atomic mass is 9.89. The van der Waals surface area contributed by atoms with Crippen LogP contribution >= 0.6 is 11.6 Å². The third-order valence-electron chi connectivity index (χ3n) is 4.55. The van der Waals surface area contributed by atoms with Crippen molar-refractivity contribution in [3.8, 4) is 0 Å². The van der Waals surface area contributed by atoms with Crippen LogP contribution in [-0.4, -0.2) is 23.1 Å². The van der Waals surface area contributed by atoms with Crippen molar-refractivity contribution in [1.82, 2.24) is 5.32 Å². The molecule has 2 amide bonds. The number of hydrogen-bond acceptors (Lipinski definition) is 3. The first-order valence-electron chi connectivity index (χ1n) is 8.64. The number of rotatable bonds is 5. The molecule has 2 unspecified atom stereocenters. The summed E-state index contributed by atoms with van der Waals surface area (Å²) >= 11 is 5.89. The molecule has 1 aliphatic rings. The topological polar surface area (TPSA) is 75.3 Å². The van der Waals surface area contributed by atoms with E-state index in [2.05, 4.69) is 10.6 Å². The molecular formula is C21H18ClFN2O3. The molecule has 0 spiro atoms. The quantitative estimate of drug-likeness (QED) is 0.753. The zero-order valence-electron chi connectivity index (χ0n) is 15.0. The maximum absolute atomic E-state index is 13.1. The zero-order valence-corrected chi connectivity index (χ0v) is 15.8. The van der Waals surface area contributed by atoms with Crippen LogP contribution in [0.5, 0.6) is 0 Å². The van der Waals surface area contributed by atoms with E-state index in [-0.39, 0.29) is 17.1 Å². The minimum absolute atomic E-state index is 0.0206. The van der Waals surface area contributed by atoms with Crippen molar-refractivity contribution in [2.24, 2.45) is 5.92 Å². The molecule has 0 radical (unpaired) electrons. The highest BCUT2D eigenvalue weighted by molar-refractivity contribution is 6.34. The molecule has 2 N–H and O–H groups in total. The molecule has 0 saturated carbocycles. The van der Waals surface area contributed by atoms with Gasteiger partial charge in [-0.05, 0) is 37.1 Å². The van der Waals surface area contributed by atoms with Crippen LogP contribution in [0, 0.1) is 11.7 Å². The summed E-state index contributed by atoms with van der Waals surface area (Å²) in [5, 5.41) is 5.02. The SMILES string of the molecule is CC1(CC=Cc2ccccc2)NC(=O)C(C(=O)Nc2ccc(F)cc2Cl)C1=O. The number of Topliss-reactive ketones (excluding diaryl/α,β-unsaturated/α-hetero) is 1. The van der Waals surface area contributed by atoms with Crippen LogP contribution in [0.15, 0.2) is 54.6 Å². The van der Waals surface area contributed by atoms with Crippen molar-refractivity contribution in [3.63, 3.8) is 0 Å². The molecule has 0 bridgehead atoms. The van der Waals surface area contributed by atoms with E-state index >= 15 is 0 Å². The number of benzene rings is 2. The highest BCUT2D eigenvalue weighted by Crippen LogP contribution is 2.28. The number of carbonyl (C=O) groups excluding carboxylic acids is 3. The Labute approximate surface area is 166 Å². The fourth-order valence-electron chi connectivity index (χ4n) is 3.02. The third kappa shape index (κ3) is 4.12. The zero-order chi connectivity index (χ0) is 20.3. The Morgan fingerprint density at radius 3 is 2.64 bits per heavy atom. The van der Waals surface area contributed by atoms with Gasteiger partial charge in [-0.15, -0.1) is 0 Å². The molecule has 1 saturated heterocycles. The van der Waals surface area contributed by atoms with E-state index in [1.807, 2.05) is 36.4 Å². The van der Waals surface area contributed by atoms with Crippen LogP contribution in [0.25, 0.3) is 6.08 Å². The molecule has 1 heterocycles. The van der Waals surface area contributed by atoms with Crippen molar-refractivity contribution >= 4 is 41.0 Å². The predicted molar refractivity (Wildman–Crippen MR) is 105 cm³/mol. The first-order chi connectivity index (χ1) is 13.3. The Morgan fingerprint density at radius 1 is 1.25 bits per heavy atom. The normalized spacial score (nSPS) is 21.8. The van der Waals surface area contributed by atoms with Crippen molar-refractivity contribution in [1.29, 1.82) is 0 Å². The number of carbonyl (C=O) groups is 3.